The summed E-state index contributed by atoms with van der Waals surface area (Å²) in [5, 5.41) is 10.8. The summed E-state index contributed by atoms with van der Waals surface area (Å²) in [6.45, 7) is 1.96. The van der Waals surface area contributed by atoms with Crippen molar-refractivity contribution in [2.75, 3.05) is 7.11 Å². The zero-order valence-corrected chi connectivity index (χ0v) is 18.6. The number of aromatic amines is 1. The van der Waals surface area contributed by atoms with Crippen molar-refractivity contribution in [3.63, 3.8) is 0 Å². The van der Waals surface area contributed by atoms with Crippen LogP contribution in [0.25, 0.3) is 21.9 Å². The van der Waals surface area contributed by atoms with Crippen LogP contribution in [0.5, 0.6) is 0 Å². The molecule has 1 amide bonds. The van der Waals surface area contributed by atoms with Crippen LogP contribution in [0.2, 0.25) is 0 Å². The third-order valence-corrected chi connectivity index (χ3v) is 5.87. The van der Waals surface area contributed by atoms with Gasteiger partial charge in [-0.15, -0.1) is 0 Å². The summed E-state index contributed by atoms with van der Waals surface area (Å²) in [6.07, 6.45) is 0.321. The number of benzene rings is 3. The average Bonchev–Trinajstić information content (AvgIpc) is 3.23. The van der Waals surface area contributed by atoms with E-state index in [0.29, 0.717) is 46.6 Å². The first-order chi connectivity index (χ1) is 16.4. The number of nitrogens with zero attached hydrogens (tertiary/aromatic N) is 2. The molecule has 1 aliphatic heterocycles. The number of alkyl carbamates (subject to hydrolysis) is 1. The molecule has 2 N–H and O–H groups in total. The largest absolute Gasteiger partial charge is 0.453 e. The molecule has 0 aliphatic carbocycles. The molecule has 34 heavy (non-hydrogen) atoms. The fraction of sp³-hybridized carbons (Fsp3) is 0.154. The number of hydrogen-bond donors (Lipinski definition) is 2. The molecule has 0 spiro atoms. The van der Waals surface area contributed by atoms with E-state index in [1.807, 2.05) is 31.2 Å². The lowest BCUT2D eigenvalue weighted by Gasteiger charge is -2.10. The van der Waals surface area contributed by atoms with E-state index in [0.717, 1.165) is 22.1 Å². The van der Waals surface area contributed by atoms with Crippen LogP contribution in [0.3, 0.4) is 0 Å². The minimum absolute atomic E-state index is 0.238. The van der Waals surface area contributed by atoms with Crippen molar-refractivity contribution >= 4 is 28.4 Å². The summed E-state index contributed by atoms with van der Waals surface area (Å²) in [4.78, 5) is 28.1. The number of fused-ring (bicyclic) bond motifs is 2. The summed E-state index contributed by atoms with van der Waals surface area (Å²) in [5.41, 5.74) is 5.09. The lowest BCUT2D eigenvalue weighted by atomic mass is 9.97. The fourth-order valence-electron chi connectivity index (χ4n) is 4.16. The van der Waals surface area contributed by atoms with Crippen LogP contribution in [-0.2, 0) is 17.6 Å². The summed E-state index contributed by atoms with van der Waals surface area (Å²) in [6, 6.07) is 16.1. The Morgan fingerprint density at radius 1 is 1.12 bits per heavy atom. The number of hydrogen-bond acceptors (Lipinski definition) is 5. The molecule has 0 saturated carbocycles. The van der Waals surface area contributed by atoms with E-state index in [1.165, 1.54) is 13.2 Å². The highest BCUT2D eigenvalue weighted by molar-refractivity contribution is 6.01. The third-order valence-electron chi connectivity index (χ3n) is 5.87. The maximum Gasteiger partial charge on any atom is 0.412 e. The molecular formula is C26H21FN4O3. The van der Waals surface area contributed by atoms with Gasteiger partial charge in [0.2, 0.25) is 0 Å². The highest BCUT2D eigenvalue weighted by atomic mass is 19.1. The minimum Gasteiger partial charge on any atom is -0.453 e. The van der Waals surface area contributed by atoms with E-state index in [1.54, 1.807) is 24.3 Å². The highest BCUT2D eigenvalue weighted by Crippen LogP contribution is 2.33. The van der Waals surface area contributed by atoms with Gasteiger partial charge in [-0.05, 0) is 53.9 Å². The Kier molecular flexibility index (Phi) is 5.41. The van der Waals surface area contributed by atoms with E-state index >= 15 is 0 Å². The monoisotopic (exact) mass is 456 g/mol. The summed E-state index contributed by atoms with van der Waals surface area (Å²) < 4.78 is 19.4. The number of aliphatic imine (C=N–C) groups is 1. The first-order valence-electron chi connectivity index (χ1n) is 10.7. The predicted molar refractivity (Wildman–Crippen MR) is 128 cm³/mol. The first kappa shape index (κ1) is 21.5. The van der Waals surface area contributed by atoms with Gasteiger partial charge in [-0.1, -0.05) is 29.8 Å². The Bertz CT molecular complexity index is 1540. The number of nitrogens with one attached hydrogen (secondary N) is 2. The molecule has 0 unspecified atom stereocenters. The number of aromatic nitrogens is 2. The number of halogens is 1. The van der Waals surface area contributed by atoms with Crippen molar-refractivity contribution in [2.45, 2.75) is 19.8 Å². The van der Waals surface area contributed by atoms with Crippen molar-refractivity contribution < 1.29 is 13.9 Å². The summed E-state index contributed by atoms with van der Waals surface area (Å²) in [5.74, 6) is 0.133. The normalized spacial score (nSPS) is 12.4. The number of carbonyl (C=O) groups excluding carboxylic acids is 1. The molecule has 1 aromatic heterocycles. The fourth-order valence-corrected chi connectivity index (χ4v) is 4.16. The number of aryl methyl sites for hydroxylation is 1. The molecule has 1 aliphatic rings. The van der Waals surface area contributed by atoms with Gasteiger partial charge in [0.05, 0.1) is 23.9 Å². The van der Waals surface area contributed by atoms with Crippen molar-refractivity contribution in [1.29, 1.82) is 0 Å². The predicted octanol–water partition coefficient (Wildman–Crippen LogP) is 4.57. The van der Waals surface area contributed by atoms with E-state index in [-0.39, 0.29) is 11.4 Å². The van der Waals surface area contributed by atoms with Crippen LogP contribution in [-0.4, -0.2) is 29.2 Å². The second kappa shape index (κ2) is 8.55. The van der Waals surface area contributed by atoms with Crippen molar-refractivity contribution in [3.05, 3.63) is 93.2 Å². The molecule has 0 atom stereocenters. The molecule has 7 nitrogen and oxygen atoms in total. The second-order valence-electron chi connectivity index (χ2n) is 8.23. The Balaban J connectivity index is 1.49. The lowest BCUT2D eigenvalue weighted by Crippen LogP contribution is -2.30. The van der Waals surface area contributed by atoms with Gasteiger partial charge in [-0.2, -0.15) is 5.10 Å². The van der Waals surface area contributed by atoms with Crippen LogP contribution >= 0.6 is 0 Å². The Labute approximate surface area is 194 Å². The van der Waals surface area contributed by atoms with E-state index in [4.69, 9.17) is 0 Å². The van der Waals surface area contributed by atoms with Gasteiger partial charge >= 0.3 is 6.09 Å². The van der Waals surface area contributed by atoms with Crippen LogP contribution in [0.4, 0.5) is 14.9 Å². The Morgan fingerprint density at radius 2 is 1.97 bits per heavy atom. The molecule has 0 bridgehead atoms. The highest BCUT2D eigenvalue weighted by Gasteiger charge is 2.18. The van der Waals surface area contributed by atoms with Crippen LogP contribution in [0, 0.1) is 12.7 Å². The van der Waals surface area contributed by atoms with Crippen LogP contribution in [0.1, 0.15) is 22.4 Å². The number of carbonyl (C=O) groups is 1. The molecule has 8 heteroatoms. The van der Waals surface area contributed by atoms with E-state index in [2.05, 4.69) is 25.2 Å². The van der Waals surface area contributed by atoms with Gasteiger partial charge in [-0.3, -0.25) is 10.1 Å². The van der Waals surface area contributed by atoms with E-state index in [9.17, 15) is 14.0 Å². The number of rotatable bonds is 3. The molecule has 170 valence electrons. The lowest BCUT2D eigenvalue weighted by molar-refractivity contribution is 0.176. The molecule has 0 saturated heterocycles. The Morgan fingerprint density at radius 3 is 2.79 bits per heavy atom. The second-order valence-corrected chi connectivity index (χ2v) is 8.23. The molecule has 4 aromatic rings. The summed E-state index contributed by atoms with van der Waals surface area (Å²) in [7, 11) is 1.29. The number of ether oxygens (including phenoxy) is 1. The van der Waals surface area contributed by atoms with Gasteiger partial charge < -0.3 is 4.74 Å². The summed E-state index contributed by atoms with van der Waals surface area (Å²) >= 11 is 0. The number of amides is 1. The zero-order chi connectivity index (χ0) is 23.8. The Hall–Kier alpha value is -4.33. The van der Waals surface area contributed by atoms with Crippen LogP contribution in [0.15, 0.2) is 64.4 Å². The maximum atomic E-state index is 14.8. The van der Waals surface area contributed by atoms with Crippen molar-refractivity contribution in [1.82, 2.24) is 15.5 Å². The van der Waals surface area contributed by atoms with Crippen molar-refractivity contribution in [2.24, 2.45) is 4.99 Å². The number of amidine groups is 1. The van der Waals surface area contributed by atoms with E-state index < -0.39 is 6.09 Å². The standard InChI is InChI=1S/C26H21FN4O3/c1-14-3-7-18-20(9-14)23(30-31-25(18)32)11-15-4-8-21(27)19(10-15)16-5-6-17-13-24(28-22(17)12-16)29-26(33)34-2/h3-10,12H,11,13H2,1-2H3,(H,31,32)(H,28,29,33). The van der Waals surface area contributed by atoms with Crippen molar-refractivity contribution in [3.8, 4) is 11.1 Å². The average molecular weight is 456 g/mol. The molecule has 0 fully saturated rings. The maximum absolute atomic E-state index is 14.8. The van der Waals surface area contributed by atoms with Gasteiger partial charge in [-0.25, -0.2) is 19.3 Å². The number of methoxy groups -OCH3 is 1. The zero-order valence-electron chi connectivity index (χ0n) is 18.6. The minimum atomic E-state index is -0.580. The first-order valence-corrected chi connectivity index (χ1v) is 10.7. The quantitative estimate of drug-likeness (QED) is 0.472. The molecule has 5 rings (SSSR count). The third kappa shape index (κ3) is 4.05. The van der Waals surface area contributed by atoms with Gasteiger partial charge in [0, 0.05) is 23.8 Å². The molecule has 0 radical (unpaired) electrons. The van der Waals surface area contributed by atoms with Crippen LogP contribution < -0.4 is 10.9 Å². The van der Waals surface area contributed by atoms with Gasteiger partial charge in [0.1, 0.15) is 11.7 Å². The molecule has 3 aromatic carbocycles. The number of H-pyrrole nitrogens is 1. The van der Waals surface area contributed by atoms with Gasteiger partial charge in [0.15, 0.2) is 0 Å². The molecular weight excluding hydrogens is 435 g/mol. The topological polar surface area (TPSA) is 96.4 Å². The SMILES string of the molecule is COC(=O)NC1=Nc2cc(-c3cc(Cc4n[nH]c(=O)c5ccc(C)cc45)ccc3F)ccc2C1. The van der Waals surface area contributed by atoms with Gasteiger partial charge in [0.25, 0.3) is 5.56 Å². The molecule has 2 heterocycles. The smallest absolute Gasteiger partial charge is 0.412 e.